The lowest BCUT2D eigenvalue weighted by atomic mass is 10.2. The van der Waals surface area contributed by atoms with Crippen molar-refractivity contribution in [1.82, 2.24) is 24.6 Å². The number of likely N-dealkylation sites (tertiary alicyclic amines) is 1. The molecule has 2 heterocycles. The molecule has 1 aliphatic rings. The number of hydrogen-bond donors (Lipinski definition) is 0. The van der Waals surface area contributed by atoms with Gasteiger partial charge in [-0.3, -0.25) is 4.90 Å². The molecule has 0 amide bonds. The summed E-state index contributed by atoms with van der Waals surface area (Å²) in [6, 6.07) is 4.32. The van der Waals surface area contributed by atoms with Crippen LogP contribution >= 0.6 is 0 Å². The van der Waals surface area contributed by atoms with Crippen LogP contribution in [0.5, 0.6) is 0 Å². The smallest absolute Gasteiger partial charge is 0.160 e. The summed E-state index contributed by atoms with van der Waals surface area (Å²) in [4.78, 5) is 8.99. The van der Waals surface area contributed by atoms with Crippen LogP contribution in [-0.4, -0.2) is 57.8 Å². The molecule has 0 aliphatic carbocycles. The highest BCUT2D eigenvalue weighted by atomic mass is 19.2. The Bertz CT molecular complexity index is 698. The van der Waals surface area contributed by atoms with Crippen LogP contribution in [0.15, 0.2) is 18.2 Å². The summed E-state index contributed by atoms with van der Waals surface area (Å²) in [6.07, 6.45) is 1.12. The van der Waals surface area contributed by atoms with Gasteiger partial charge >= 0.3 is 0 Å². The summed E-state index contributed by atoms with van der Waals surface area (Å²) >= 11 is 0. The first-order valence-electron chi connectivity index (χ1n) is 7.71. The molecular formula is C16H21F2N5. The van der Waals surface area contributed by atoms with E-state index < -0.39 is 11.6 Å². The molecule has 0 saturated carbocycles. The third-order valence-electron chi connectivity index (χ3n) is 4.27. The van der Waals surface area contributed by atoms with E-state index >= 15 is 0 Å². The zero-order valence-electron chi connectivity index (χ0n) is 13.6. The number of benzene rings is 1. The number of nitrogens with zero attached hydrogens (tertiary/aromatic N) is 5. The van der Waals surface area contributed by atoms with Crippen molar-refractivity contribution in [2.75, 3.05) is 27.2 Å². The summed E-state index contributed by atoms with van der Waals surface area (Å²) in [5, 5.41) is 4.33. The van der Waals surface area contributed by atoms with E-state index in [0.717, 1.165) is 37.5 Å². The van der Waals surface area contributed by atoms with E-state index in [-0.39, 0.29) is 0 Å². The molecule has 0 radical (unpaired) electrons. The second-order valence-electron chi connectivity index (χ2n) is 6.23. The Hall–Kier alpha value is -1.86. The second-order valence-corrected chi connectivity index (χ2v) is 6.23. The Kier molecular flexibility index (Phi) is 4.41. The average molecular weight is 321 g/mol. The van der Waals surface area contributed by atoms with Gasteiger partial charge in [-0.05, 0) is 39.6 Å². The van der Waals surface area contributed by atoms with Gasteiger partial charge < -0.3 is 4.90 Å². The summed E-state index contributed by atoms with van der Waals surface area (Å²) in [6.45, 7) is 4.40. The number of rotatable bonds is 4. The van der Waals surface area contributed by atoms with Gasteiger partial charge in [0.1, 0.15) is 11.6 Å². The largest absolute Gasteiger partial charge is 0.305 e. The molecule has 0 N–H and O–H groups in total. The molecular weight excluding hydrogens is 300 g/mol. The Balaban J connectivity index is 1.82. The monoisotopic (exact) mass is 321 g/mol. The van der Waals surface area contributed by atoms with E-state index in [1.807, 2.05) is 0 Å². The van der Waals surface area contributed by atoms with Crippen molar-refractivity contribution in [3.05, 3.63) is 41.5 Å². The summed E-state index contributed by atoms with van der Waals surface area (Å²) in [5.41, 5.74) is 0.489. The van der Waals surface area contributed by atoms with Crippen LogP contribution in [0.25, 0.3) is 5.69 Å². The van der Waals surface area contributed by atoms with Gasteiger partial charge in [-0.1, -0.05) is 0 Å². The first-order chi connectivity index (χ1) is 10.9. The zero-order valence-corrected chi connectivity index (χ0v) is 13.6. The van der Waals surface area contributed by atoms with Gasteiger partial charge in [0.2, 0.25) is 0 Å². The Morgan fingerprint density at radius 2 is 2.04 bits per heavy atom. The topological polar surface area (TPSA) is 37.2 Å². The summed E-state index contributed by atoms with van der Waals surface area (Å²) in [7, 11) is 4.17. The first kappa shape index (κ1) is 16.0. The number of likely N-dealkylation sites (N-methyl/N-ethyl adjacent to an activating group) is 1. The van der Waals surface area contributed by atoms with Gasteiger partial charge in [0.15, 0.2) is 11.6 Å². The van der Waals surface area contributed by atoms with E-state index in [2.05, 4.69) is 34.0 Å². The number of hydrogen-bond acceptors (Lipinski definition) is 4. The van der Waals surface area contributed by atoms with Crippen LogP contribution in [0.3, 0.4) is 0 Å². The quantitative estimate of drug-likeness (QED) is 0.863. The lowest BCUT2D eigenvalue weighted by molar-refractivity contribution is 0.260. The van der Waals surface area contributed by atoms with Crippen molar-refractivity contribution >= 4 is 0 Å². The fourth-order valence-electron chi connectivity index (χ4n) is 2.96. The maximum absolute atomic E-state index is 13.5. The normalized spacial score (nSPS) is 19.0. The minimum atomic E-state index is -0.879. The van der Waals surface area contributed by atoms with E-state index in [1.54, 1.807) is 11.6 Å². The Labute approximate surface area is 134 Å². The van der Waals surface area contributed by atoms with Gasteiger partial charge in [0.25, 0.3) is 0 Å². The third kappa shape index (κ3) is 3.40. The van der Waals surface area contributed by atoms with Crippen molar-refractivity contribution in [3.8, 4) is 5.69 Å². The molecule has 1 aromatic carbocycles. The molecule has 5 nitrogen and oxygen atoms in total. The van der Waals surface area contributed by atoms with Crippen LogP contribution in [-0.2, 0) is 6.54 Å². The maximum Gasteiger partial charge on any atom is 0.160 e. The van der Waals surface area contributed by atoms with E-state index in [1.165, 1.54) is 6.07 Å². The molecule has 23 heavy (non-hydrogen) atoms. The van der Waals surface area contributed by atoms with Crippen LogP contribution < -0.4 is 0 Å². The lowest BCUT2D eigenvalue weighted by Gasteiger charge is -2.20. The van der Waals surface area contributed by atoms with Gasteiger partial charge in [0, 0.05) is 25.2 Å². The molecule has 1 fully saturated rings. The van der Waals surface area contributed by atoms with Crippen LogP contribution in [0.4, 0.5) is 8.78 Å². The van der Waals surface area contributed by atoms with Crippen molar-refractivity contribution < 1.29 is 8.78 Å². The molecule has 2 aromatic rings. The van der Waals surface area contributed by atoms with Gasteiger partial charge in [-0.2, -0.15) is 5.10 Å². The highest BCUT2D eigenvalue weighted by Gasteiger charge is 2.25. The lowest BCUT2D eigenvalue weighted by Crippen LogP contribution is -2.31. The van der Waals surface area contributed by atoms with E-state index in [4.69, 9.17) is 0 Å². The molecule has 3 rings (SSSR count). The SMILES string of the molecule is Cc1nc(CN2CCC(N(C)C)C2)n(-c2ccc(F)c(F)c2)n1. The minimum Gasteiger partial charge on any atom is -0.305 e. The second kappa shape index (κ2) is 6.33. The molecule has 0 spiro atoms. The van der Waals surface area contributed by atoms with Crippen molar-refractivity contribution in [2.24, 2.45) is 0 Å². The molecule has 1 aromatic heterocycles. The predicted molar refractivity (Wildman–Crippen MR) is 83.4 cm³/mol. The standard InChI is InChI=1S/C16H21F2N5/c1-11-19-16(10-22-7-6-13(9-22)21(2)3)23(20-11)12-4-5-14(17)15(18)8-12/h4-5,8,13H,6-7,9-10H2,1-3H3. The summed E-state index contributed by atoms with van der Waals surface area (Å²) < 4.78 is 28.2. The van der Waals surface area contributed by atoms with Crippen molar-refractivity contribution in [1.29, 1.82) is 0 Å². The fourth-order valence-corrected chi connectivity index (χ4v) is 2.96. The number of halogens is 2. The van der Waals surface area contributed by atoms with Crippen LogP contribution in [0, 0.1) is 18.6 Å². The van der Waals surface area contributed by atoms with E-state index in [9.17, 15) is 8.78 Å². The molecule has 7 heteroatoms. The van der Waals surface area contributed by atoms with Crippen molar-refractivity contribution in [2.45, 2.75) is 25.9 Å². The Morgan fingerprint density at radius 3 is 2.70 bits per heavy atom. The predicted octanol–water partition coefficient (Wildman–Crippen LogP) is 1.99. The molecule has 124 valence electrons. The minimum absolute atomic E-state index is 0.489. The highest BCUT2D eigenvalue weighted by molar-refractivity contribution is 5.32. The molecule has 1 aliphatic heterocycles. The third-order valence-corrected chi connectivity index (χ3v) is 4.27. The average Bonchev–Trinajstić information content (AvgIpc) is 3.09. The molecule has 1 atom stereocenters. The zero-order chi connectivity index (χ0) is 16.6. The highest BCUT2D eigenvalue weighted by Crippen LogP contribution is 2.19. The number of aryl methyl sites for hydroxylation is 1. The molecule has 0 bridgehead atoms. The maximum atomic E-state index is 13.5. The summed E-state index contributed by atoms with van der Waals surface area (Å²) in [5.74, 6) is -0.378. The first-order valence-corrected chi connectivity index (χ1v) is 7.71. The van der Waals surface area contributed by atoms with Gasteiger partial charge in [0.05, 0.1) is 12.2 Å². The van der Waals surface area contributed by atoms with Crippen LogP contribution in [0.1, 0.15) is 18.1 Å². The van der Waals surface area contributed by atoms with Crippen LogP contribution in [0.2, 0.25) is 0 Å². The van der Waals surface area contributed by atoms with Gasteiger partial charge in [-0.15, -0.1) is 0 Å². The Morgan fingerprint density at radius 1 is 1.26 bits per heavy atom. The molecule has 1 saturated heterocycles. The number of aromatic nitrogens is 3. The van der Waals surface area contributed by atoms with E-state index in [0.29, 0.717) is 24.1 Å². The fraction of sp³-hybridized carbons (Fsp3) is 0.500. The van der Waals surface area contributed by atoms with Crippen molar-refractivity contribution in [3.63, 3.8) is 0 Å². The van der Waals surface area contributed by atoms with Gasteiger partial charge in [-0.25, -0.2) is 18.4 Å². The molecule has 1 unspecified atom stereocenters.